The van der Waals surface area contributed by atoms with Gasteiger partial charge in [-0.3, -0.25) is 14.9 Å². The first-order chi connectivity index (χ1) is 16.6. The number of hydrogen-bond donors (Lipinski definition) is 3. The zero-order valence-electron chi connectivity index (χ0n) is 19.1. The molecule has 0 atom stereocenters. The van der Waals surface area contributed by atoms with Gasteiger partial charge in [0.2, 0.25) is 0 Å². The number of hydrogen-bond acceptors (Lipinski definition) is 5. The third-order valence-electron chi connectivity index (χ3n) is 5.04. The molecule has 0 unspecified atom stereocenters. The molecule has 2 amide bonds. The Morgan fingerprint density at radius 3 is 2.44 bits per heavy atom. The van der Waals surface area contributed by atoms with Gasteiger partial charge < -0.3 is 19.8 Å². The van der Waals surface area contributed by atoms with Crippen LogP contribution in [0.2, 0.25) is 0 Å². The fraction of sp³-hybridized carbons (Fsp3) is 0.269. The Hall–Kier alpha value is -3.65. The molecule has 7 nitrogen and oxygen atoms in total. The molecule has 34 heavy (non-hydrogen) atoms. The van der Waals surface area contributed by atoms with E-state index in [0.29, 0.717) is 34.9 Å². The van der Waals surface area contributed by atoms with Crippen LogP contribution in [0.25, 0.3) is 0 Å². The van der Waals surface area contributed by atoms with Crippen molar-refractivity contribution in [2.45, 2.75) is 39.2 Å². The normalized spacial score (nSPS) is 10.4. The summed E-state index contributed by atoms with van der Waals surface area (Å²) in [5.74, 6) is 0.474. The van der Waals surface area contributed by atoms with Crippen molar-refractivity contribution in [3.8, 4) is 5.75 Å². The van der Waals surface area contributed by atoms with Gasteiger partial charge in [0.25, 0.3) is 11.8 Å². The zero-order chi connectivity index (χ0) is 24.2. The van der Waals surface area contributed by atoms with Crippen LogP contribution in [0.4, 0.5) is 5.69 Å². The molecule has 0 radical (unpaired) electrons. The predicted molar refractivity (Wildman–Crippen MR) is 136 cm³/mol. The van der Waals surface area contributed by atoms with Gasteiger partial charge in [0.15, 0.2) is 5.11 Å². The minimum Gasteiger partial charge on any atom is -0.493 e. The van der Waals surface area contributed by atoms with Gasteiger partial charge >= 0.3 is 0 Å². The van der Waals surface area contributed by atoms with Crippen molar-refractivity contribution in [2.75, 3.05) is 11.9 Å². The van der Waals surface area contributed by atoms with E-state index in [1.807, 2.05) is 6.07 Å². The summed E-state index contributed by atoms with van der Waals surface area (Å²) in [7, 11) is 0. The summed E-state index contributed by atoms with van der Waals surface area (Å²) in [6.45, 7) is 2.97. The molecule has 1 aromatic heterocycles. The van der Waals surface area contributed by atoms with E-state index in [1.54, 1.807) is 60.9 Å². The van der Waals surface area contributed by atoms with E-state index in [4.69, 9.17) is 21.4 Å². The van der Waals surface area contributed by atoms with Crippen molar-refractivity contribution < 1.29 is 18.7 Å². The Morgan fingerprint density at radius 2 is 1.68 bits per heavy atom. The number of rotatable bonds is 11. The molecule has 0 aliphatic rings. The maximum atomic E-state index is 12.8. The average molecular weight is 480 g/mol. The molecule has 0 bridgehead atoms. The van der Waals surface area contributed by atoms with Crippen LogP contribution < -0.4 is 20.7 Å². The van der Waals surface area contributed by atoms with Crippen molar-refractivity contribution in [3.63, 3.8) is 0 Å². The standard InChI is InChI=1S/C26H29N3O4S/c1-2-3-4-9-16-33-23-15-8-6-13-21(23)25(31)29-26(34)28-22-14-7-5-12-20(22)24(30)27-18-19-11-10-17-32-19/h5-8,10-15,17H,2-4,9,16,18H2,1H3,(H,27,30)(H2,28,29,31,34). The fourth-order valence-corrected chi connectivity index (χ4v) is 3.48. The van der Waals surface area contributed by atoms with Crippen molar-refractivity contribution in [3.05, 3.63) is 83.8 Å². The van der Waals surface area contributed by atoms with E-state index in [2.05, 4.69) is 22.9 Å². The second-order valence-electron chi connectivity index (χ2n) is 7.62. The highest BCUT2D eigenvalue weighted by Gasteiger charge is 2.16. The van der Waals surface area contributed by atoms with Gasteiger partial charge in [0, 0.05) is 0 Å². The monoisotopic (exact) mass is 479 g/mol. The molecule has 1 heterocycles. The highest BCUT2D eigenvalue weighted by atomic mass is 32.1. The minimum absolute atomic E-state index is 0.0778. The number of unbranched alkanes of at least 4 members (excludes halogenated alkanes) is 3. The van der Waals surface area contributed by atoms with Gasteiger partial charge in [0.1, 0.15) is 11.5 Å². The molecule has 0 saturated carbocycles. The maximum Gasteiger partial charge on any atom is 0.261 e. The lowest BCUT2D eigenvalue weighted by molar-refractivity contribution is 0.0947. The Labute approximate surface area is 204 Å². The molecule has 8 heteroatoms. The Bertz CT molecular complexity index is 1100. The number of nitrogens with one attached hydrogen (secondary N) is 3. The molecule has 3 aromatic rings. The van der Waals surface area contributed by atoms with Crippen molar-refractivity contribution >= 4 is 34.8 Å². The number of carbonyl (C=O) groups excluding carboxylic acids is 2. The van der Waals surface area contributed by atoms with Crippen molar-refractivity contribution in [2.24, 2.45) is 0 Å². The number of carbonyl (C=O) groups is 2. The predicted octanol–water partition coefficient (Wildman–Crippen LogP) is 5.30. The summed E-state index contributed by atoms with van der Waals surface area (Å²) in [5, 5.41) is 8.50. The van der Waals surface area contributed by atoms with Gasteiger partial charge in [-0.2, -0.15) is 0 Å². The SMILES string of the molecule is CCCCCCOc1ccccc1C(=O)NC(=S)Nc1ccccc1C(=O)NCc1ccco1. The third-order valence-corrected chi connectivity index (χ3v) is 5.24. The number of anilines is 1. The lowest BCUT2D eigenvalue weighted by Crippen LogP contribution is -2.35. The first-order valence-corrected chi connectivity index (χ1v) is 11.7. The largest absolute Gasteiger partial charge is 0.493 e. The van der Waals surface area contributed by atoms with Crippen molar-refractivity contribution in [1.29, 1.82) is 0 Å². The van der Waals surface area contributed by atoms with Crippen LogP contribution in [0.1, 0.15) is 59.1 Å². The Balaban J connectivity index is 1.59. The molecule has 0 spiro atoms. The van der Waals surface area contributed by atoms with E-state index in [-0.39, 0.29) is 23.5 Å². The molecule has 0 fully saturated rings. The summed E-state index contributed by atoms with van der Waals surface area (Å²) in [4.78, 5) is 25.5. The summed E-state index contributed by atoms with van der Waals surface area (Å²) in [6.07, 6.45) is 5.88. The van der Waals surface area contributed by atoms with E-state index in [9.17, 15) is 9.59 Å². The van der Waals surface area contributed by atoms with Crippen LogP contribution in [-0.2, 0) is 6.54 Å². The summed E-state index contributed by atoms with van der Waals surface area (Å²) < 4.78 is 11.1. The number of thiocarbonyl (C=S) groups is 1. The Kier molecular flexibility index (Phi) is 9.66. The van der Waals surface area contributed by atoms with Crippen LogP contribution in [0.3, 0.4) is 0 Å². The number of benzene rings is 2. The third kappa shape index (κ3) is 7.45. The second-order valence-corrected chi connectivity index (χ2v) is 8.03. The molecule has 3 N–H and O–H groups in total. The van der Waals surface area contributed by atoms with Crippen LogP contribution in [0, 0.1) is 0 Å². The lowest BCUT2D eigenvalue weighted by atomic mass is 10.1. The molecule has 3 rings (SSSR count). The van der Waals surface area contributed by atoms with Gasteiger partial charge in [0.05, 0.1) is 36.2 Å². The molecule has 0 aliphatic heterocycles. The van der Waals surface area contributed by atoms with Crippen LogP contribution >= 0.6 is 12.2 Å². The quantitative estimate of drug-likeness (QED) is 0.255. The smallest absolute Gasteiger partial charge is 0.261 e. The van der Waals surface area contributed by atoms with Crippen LogP contribution in [0.5, 0.6) is 5.75 Å². The van der Waals surface area contributed by atoms with Gasteiger partial charge in [-0.05, 0) is 55.0 Å². The van der Waals surface area contributed by atoms with Crippen molar-refractivity contribution in [1.82, 2.24) is 10.6 Å². The highest BCUT2D eigenvalue weighted by molar-refractivity contribution is 7.80. The minimum atomic E-state index is -0.388. The summed E-state index contributed by atoms with van der Waals surface area (Å²) in [6, 6.07) is 17.5. The fourth-order valence-electron chi connectivity index (χ4n) is 3.28. The molecule has 0 saturated heterocycles. The van der Waals surface area contributed by atoms with E-state index < -0.39 is 0 Å². The van der Waals surface area contributed by atoms with E-state index >= 15 is 0 Å². The number of amides is 2. The van der Waals surface area contributed by atoms with E-state index in [0.717, 1.165) is 25.7 Å². The second kappa shape index (κ2) is 13.2. The number of furan rings is 1. The molecule has 178 valence electrons. The van der Waals surface area contributed by atoms with Crippen LogP contribution in [-0.4, -0.2) is 23.5 Å². The lowest BCUT2D eigenvalue weighted by Gasteiger charge is -2.15. The Morgan fingerprint density at radius 1 is 0.912 bits per heavy atom. The summed E-state index contributed by atoms with van der Waals surface area (Å²) in [5.41, 5.74) is 1.26. The zero-order valence-corrected chi connectivity index (χ0v) is 20.0. The molecule has 0 aliphatic carbocycles. The molecular formula is C26H29N3O4S. The molecule has 2 aromatic carbocycles. The average Bonchev–Trinajstić information content (AvgIpc) is 3.37. The summed E-state index contributed by atoms with van der Waals surface area (Å²) >= 11 is 5.34. The van der Waals surface area contributed by atoms with Gasteiger partial charge in [-0.1, -0.05) is 50.5 Å². The highest BCUT2D eigenvalue weighted by Crippen LogP contribution is 2.19. The topological polar surface area (TPSA) is 92.6 Å². The first kappa shape index (κ1) is 25.0. The van der Waals surface area contributed by atoms with Gasteiger partial charge in [-0.25, -0.2) is 0 Å². The molecular weight excluding hydrogens is 450 g/mol. The van der Waals surface area contributed by atoms with E-state index in [1.165, 1.54) is 0 Å². The first-order valence-electron chi connectivity index (χ1n) is 11.3. The van der Waals surface area contributed by atoms with Crippen LogP contribution in [0.15, 0.2) is 71.3 Å². The number of para-hydroxylation sites is 2. The maximum absolute atomic E-state index is 12.8. The number of ether oxygens (including phenoxy) is 1. The van der Waals surface area contributed by atoms with Gasteiger partial charge in [-0.15, -0.1) is 0 Å².